The van der Waals surface area contributed by atoms with E-state index in [0.717, 1.165) is 38.2 Å². The number of fused-ring (bicyclic) bond motifs is 1. The highest BCUT2D eigenvalue weighted by atomic mass is 32.1. The molecule has 2 heterocycles. The number of rotatable bonds is 5. The largest absolute Gasteiger partial charge is 0.356 e. The van der Waals surface area contributed by atoms with Crippen molar-refractivity contribution < 1.29 is 14.0 Å². The van der Waals surface area contributed by atoms with Gasteiger partial charge < -0.3 is 15.1 Å². The Morgan fingerprint density at radius 2 is 1.76 bits per heavy atom. The molecule has 0 aliphatic carbocycles. The lowest BCUT2D eigenvalue weighted by molar-refractivity contribution is 0.0698. The number of thiol groups is 1. The molecule has 0 saturated carbocycles. The Balaban J connectivity index is 1.30. The number of hydrogen-bond acceptors (Lipinski definition) is 5. The number of hydrogen-bond donors (Lipinski definition) is 2. The van der Waals surface area contributed by atoms with Gasteiger partial charge >= 0.3 is 0 Å². The van der Waals surface area contributed by atoms with Crippen molar-refractivity contribution in [1.29, 1.82) is 0 Å². The number of benzene rings is 2. The molecule has 1 amide bonds. The van der Waals surface area contributed by atoms with Crippen molar-refractivity contribution in [3.05, 3.63) is 65.5 Å². The monoisotopic (exact) mass is 413 g/mol. The summed E-state index contributed by atoms with van der Waals surface area (Å²) < 4.78 is 13.1. The molecule has 2 aliphatic rings. The second kappa shape index (κ2) is 8.55. The van der Waals surface area contributed by atoms with E-state index in [1.807, 2.05) is 24.3 Å². The number of anilines is 1. The number of amides is 1. The van der Waals surface area contributed by atoms with Gasteiger partial charge in [-0.25, -0.2) is 4.39 Å². The zero-order valence-corrected chi connectivity index (χ0v) is 16.9. The van der Waals surface area contributed by atoms with Crippen LogP contribution in [0.2, 0.25) is 0 Å². The van der Waals surface area contributed by atoms with Crippen LogP contribution in [-0.4, -0.2) is 53.2 Å². The third-order valence-electron chi connectivity index (χ3n) is 5.74. The van der Waals surface area contributed by atoms with Gasteiger partial charge in [-0.2, -0.15) is 0 Å². The number of nitrogens with one attached hydrogen (secondary N) is 1. The van der Waals surface area contributed by atoms with Crippen LogP contribution in [0.4, 0.5) is 10.1 Å². The molecule has 2 aromatic carbocycles. The second-order valence-corrected chi connectivity index (χ2v) is 8.04. The first-order chi connectivity index (χ1) is 14.0. The van der Waals surface area contributed by atoms with Crippen LogP contribution in [0, 0.1) is 11.7 Å². The molecular weight excluding hydrogens is 389 g/mol. The Hall–Kier alpha value is -2.38. The van der Waals surface area contributed by atoms with Gasteiger partial charge in [-0.15, -0.1) is 12.6 Å². The van der Waals surface area contributed by atoms with Crippen molar-refractivity contribution in [3.8, 4) is 0 Å². The predicted molar refractivity (Wildman–Crippen MR) is 114 cm³/mol. The Morgan fingerprint density at radius 3 is 2.48 bits per heavy atom. The van der Waals surface area contributed by atoms with Crippen LogP contribution in [0.15, 0.2) is 48.5 Å². The number of para-hydroxylation sites is 1. The number of carbonyl (C=O) groups excluding carboxylic acids is 2. The Morgan fingerprint density at radius 1 is 1.07 bits per heavy atom. The van der Waals surface area contributed by atoms with E-state index in [0.29, 0.717) is 17.7 Å². The summed E-state index contributed by atoms with van der Waals surface area (Å²) in [7, 11) is 0. The van der Waals surface area contributed by atoms with Crippen LogP contribution in [0.1, 0.15) is 33.6 Å². The van der Waals surface area contributed by atoms with Crippen molar-refractivity contribution in [2.24, 2.45) is 5.92 Å². The van der Waals surface area contributed by atoms with Crippen LogP contribution in [0.5, 0.6) is 0 Å². The molecule has 152 valence electrons. The fraction of sp³-hybridized carbons (Fsp3) is 0.364. The van der Waals surface area contributed by atoms with Gasteiger partial charge in [0.25, 0.3) is 5.91 Å². The number of piperidine rings is 1. The summed E-state index contributed by atoms with van der Waals surface area (Å²) in [6, 6.07) is 13.2. The molecule has 1 N–H and O–H groups in total. The third kappa shape index (κ3) is 4.31. The van der Waals surface area contributed by atoms with Crippen LogP contribution in [-0.2, 0) is 0 Å². The first-order valence-electron chi connectivity index (χ1n) is 9.89. The zero-order chi connectivity index (χ0) is 20.4. The number of nitrogens with zero attached hydrogens (tertiary/aromatic N) is 2. The fourth-order valence-electron chi connectivity index (χ4n) is 4.02. The average Bonchev–Trinajstić information content (AvgIpc) is 2.74. The second-order valence-electron chi connectivity index (χ2n) is 7.55. The molecule has 2 aliphatic heterocycles. The van der Waals surface area contributed by atoms with E-state index < -0.39 is 0 Å². The van der Waals surface area contributed by atoms with Crippen LogP contribution in [0.25, 0.3) is 0 Å². The first kappa shape index (κ1) is 19.9. The Labute approximate surface area is 175 Å². The van der Waals surface area contributed by atoms with E-state index in [-0.39, 0.29) is 28.9 Å². The maximum atomic E-state index is 13.1. The average molecular weight is 414 g/mol. The minimum Gasteiger partial charge on any atom is -0.356 e. The van der Waals surface area contributed by atoms with Crippen LogP contribution < -0.4 is 5.32 Å². The van der Waals surface area contributed by atoms with Crippen LogP contribution in [0.3, 0.4) is 0 Å². The third-order valence-corrected chi connectivity index (χ3v) is 6.15. The lowest BCUT2D eigenvalue weighted by Gasteiger charge is -2.37. The van der Waals surface area contributed by atoms with E-state index in [4.69, 9.17) is 0 Å². The van der Waals surface area contributed by atoms with Crippen molar-refractivity contribution in [2.45, 2.75) is 18.3 Å². The summed E-state index contributed by atoms with van der Waals surface area (Å²) in [6.07, 6.45) is 1.55. The Kier molecular flexibility index (Phi) is 5.87. The highest BCUT2D eigenvalue weighted by Crippen LogP contribution is 2.27. The number of likely N-dealkylation sites (tertiary alicyclic amines) is 1. The molecule has 0 radical (unpaired) electrons. The van der Waals surface area contributed by atoms with Crippen molar-refractivity contribution in [3.63, 3.8) is 0 Å². The quantitative estimate of drug-likeness (QED) is 0.582. The maximum absolute atomic E-state index is 13.1. The highest BCUT2D eigenvalue weighted by molar-refractivity contribution is 7.81. The number of carbonyl (C=O) groups is 2. The smallest absolute Gasteiger partial charge is 0.258 e. The lowest BCUT2D eigenvalue weighted by Crippen LogP contribution is -2.49. The van der Waals surface area contributed by atoms with Crippen molar-refractivity contribution in [2.75, 3.05) is 31.5 Å². The lowest BCUT2D eigenvalue weighted by atomic mass is 9.89. The number of Topliss-reactive ketones (excluding diaryl/α,β-unsaturated/α-hetero) is 1. The molecular formula is C22H24FN3O2S. The summed E-state index contributed by atoms with van der Waals surface area (Å²) >= 11 is 4.53. The molecule has 1 unspecified atom stereocenters. The predicted octanol–water partition coefficient (Wildman–Crippen LogP) is 3.50. The van der Waals surface area contributed by atoms with Crippen molar-refractivity contribution in [1.82, 2.24) is 9.80 Å². The minimum atomic E-state index is -0.352. The van der Waals surface area contributed by atoms with Crippen LogP contribution >= 0.6 is 12.6 Å². The van der Waals surface area contributed by atoms with Gasteiger partial charge in [0.15, 0.2) is 5.78 Å². The Bertz CT molecular complexity index is 897. The molecule has 5 nitrogen and oxygen atoms in total. The molecule has 1 saturated heterocycles. The van der Waals surface area contributed by atoms with Gasteiger partial charge in [-0.05, 0) is 62.3 Å². The maximum Gasteiger partial charge on any atom is 0.258 e. The summed E-state index contributed by atoms with van der Waals surface area (Å²) in [5.74, 6) is -0.282. The summed E-state index contributed by atoms with van der Waals surface area (Å²) in [6.45, 7) is 2.93. The normalized spacial score (nSPS) is 20.3. The molecule has 2 aromatic rings. The van der Waals surface area contributed by atoms with E-state index in [2.05, 4.69) is 22.8 Å². The first-order valence-corrected chi connectivity index (χ1v) is 10.4. The van der Waals surface area contributed by atoms with Crippen molar-refractivity contribution >= 4 is 30.0 Å². The van der Waals surface area contributed by atoms with Gasteiger partial charge in [-0.3, -0.25) is 9.59 Å². The molecule has 7 heteroatoms. The molecule has 0 bridgehead atoms. The molecule has 0 aromatic heterocycles. The molecule has 4 rings (SSSR count). The topological polar surface area (TPSA) is 52.7 Å². The summed E-state index contributed by atoms with van der Waals surface area (Å²) in [4.78, 5) is 29.4. The fourth-order valence-corrected chi connectivity index (χ4v) is 4.38. The molecule has 1 atom stereocenters. The van der Waals surface area contributed by atoms with E-state index in [1.54, 1.807) is 17.0 Å². The number of halogens is 1. The van der Waals surface area contributed by atoms with E-state index in [9.17, 15) is 14.0 Å². The van der Waals surface area contributed by atoms with Gasteiger partial charge in [-0.1, -0.05) is 12.1 Å². The van der Waals surface area contributed by atoms with Gasteiger partial charge in [0, 0.05) is 30.3 Å². The molecule has 1 fully saturated rings. The molecule has 29 heavy (non-hydrogen) atoms. The number of ketones is 1. The van der Waals surface area contributed by atoms with E-state index in [1.165, 1.54) is 12.1 Å². The van der Waals surface area contributed by atoms with E-state index >= 15 is 0 Å². The highest BCUT2D eigenvalue weighted by Gasteiger charge is 2.31. The summed E-state index contributed by atoms with van der Waals surface area (Å²) in [5, 5.41) is 3.25. The van der Waals surface area contributed by atoms with Gasteiger partial charge in [0.05, 0.1) is 5.56 Å². The summed E-state index contributed by atoms with van der Waals surface area (Å²) in [5.41, 5.74) is 1.71. The zero-order valence-electron chi connectivity index (χ0n) is 16.1. The van der Waals surface area contributed by atoms with Gasteiger partial charge in [0.2, 0.25) is 0 Å². The molecule has 0 spiro atoms. The SMILES string of the molecule is O=C(c1ccc(F)cc1)C1CCN(CCN2C(=O)c3ccccc3NC2S)CC1. The standard InChI is InChI=1S/C22H24FN3O2S/c23-17-7-5-15(6-8-17)20(27)16-9-11-25(12-10-16)13-14-26-21(28)18-3-1-2-4-19(18)24-22(26)29/h1-8,16,22,24,29H,9-14H2. The van der Waals surface area contributed by atoms with Gasteiger partial charge in [0.1, 0.15) is 11.3 Å². The minimum absolute atomic E-state index is 0.0132.